The van der Waals surface area contributed by atoms with E-state index in [0.717, 1.165) is 12.1 Å². The number of rotatable bonds is 8. The van der Waals surface area contributed by atoms with Crippen LogP contribution in [0.1, 0.15) is 22.3 Å². The molecule has 302 valence electrons. The van der Waals surface area contributed by atoms with E-state index in [1.165, 1.54) is 48.5 Å². The Kier molecular flexibility index (Phi) is 11.3. The van der Waals surface area contributed by atoms with Crippen LogP contribution < -0.4 is 10.9 Å². The van der Waals surface area contributed by atoms with Crippen molar-refractivity contribution >= 4 is 49.3 Å². The molecule has 0 saturated heterocycles. The molecule has 0 amide bonds. The molecule has 0 bridgehead atoms. The first kappa shape index (κ1) is 41.8. The third-order valence-electron chi connectivity index (χ3n) is 10.0. The maximum atomic E-state index is 16.7. The first-order valence-electron chi connectivity index (χ1n) is 17.1. The second-order valence-corrected chi connectivity index (χ2v) is 19.0. The molecule has 1 heterocycles. The van der Waals surface area contributed by atoms with Crippen molar-refractivity contribution in [2.24, 2.45) is 0 Å². The molecule has 0 atom stereocenters. The average molecular weight is 948 g/mol. The fourth-order valence-corrected chi connectivity index (χ4v) is 15.6. The molecular formula is C42H20BF15Te. The van der Waals surface area contributed by atoms with Crippen LogP contribution >= 0.6 is 0 Å². The summed E-state index contributed by atoms with van der Waals surface area (Å²) in [7, 11) is 0. The summed E-state index contributed by atoms with van der Waals surface area (Å²) in [5.74, 6) is -42.5. The van der Waals surface area contributed by atoms with Gasteiger partial charge in [0.15, 0.2) is 0 Å². The van der Waals surface area contributed by atoms with Gasteiger partial charge in [-0.05, 0) is 0 Å². The van der Waals surface area contributed by atoms with Gasteiger partial charge in [0.05, 0.1) is 0 Å². The molecular weight excluding hydrogens is 928 g/mol. The number of aryl methyl sites for hydroxylation is 1. The van der Waals surface area contributed by atoms with Crippen molar-refractivity contribution < 1.29 is 65.9 Å². The van der Waals surface area contributed by atoms with Gasteiger partial charge in [0.25, 0.3) is 0 Å². The van der Waals surface area contributed by atoms with E-state index < -0.39 is 139 Å². The van der Waals surface area contributed by atoms with Crippen LogP contribution in [0.3, 0.4) is 0 Å². The summed E-state index contributed by atoms with van der Waals surface area (Å²) in [4.78, 5) is 0. The minimum absolute atomic E-state index is 0.0129. The summed E-state index contributed by atoms with van der Waals surface area (Å²) >= 11 is -4.16. The van der Waals surface area contributed by atoms with Crippen LogP contribution in [0, 0.1) is 87.3 Å². The molecule has 0 spiro atoms. The van der Waals surface area contributed by atoms with Crippen LogP contribution in [0.25, 0.3) is 12.7 Å². The Morgan fingerprint density at radius 3 is 1.12 bits per heavy atom. The maximum absolute atomic E-state index is 16.7. The van der Waals surface area contributed by atoms with Crippen molar-refractivity contribution in [2.45, 2.75) is 10.9 Å². The van der Waals surface area contributed by atoms with E-state index in [-0.39, 0.29) is 25.6 Å². The van der Waals surface area contributed by atoms with Gasteiger partial charge in [-0.1, -0.05) is 0 Å². The van der Waals surface area contributed by atoms with Crippen molar-refractivity contribution in [1.82, 2.24) is 0 Å². The van der Waals surface area contributed by atoms with E-state index in [1.807, 2.05) is 0 Å². The van der Waals surface area contributed by atoms with E-state index in [1.54, 1.807) is 30.3 Å². The number of hydrogen-bond donors (Lipinski definition) is 0. The van der Waals surface area contributed by atoms with Gasteiger partial charge in [-0.3, -0.25) is 0 Å². The zero-order chi connectivity index (χ0) is 42.7. The Morgan fingerprint density at radius 2 is 0.712 bits per heavy atom. The molecule has 6 aromatic carbocycles. The molecule has 59 heavy (non-hydrogen) atoms. The molecule has 0 fully saturated rings. The first-order chi connectivity index (χ1) is 28.1. The summed E-state index contributed by atoms with van der Waals surface area (Å²) in [6, 6.07) is 21.2. The summed E-state index contributed by atoms with van der Waals surface area (Å²) in [5, 5.41) is 0. The van der Waals surface area contributed by atoms with E-state index in [9.17, 15) is 13.2 Å². The monoisotopic (exact) mass is 950 g/mol. The average Bonchev–Trinajstić information content (AvgIpc) is 3.25. The number of halogens is 15. The fraction of sp³-hybridized carbons (Fsp3) is 0.0476. The van der Waals surface area contributed by atoms with Crippen LogP contribution in [-0.4, -0.2) is 25.7 Å². The SMILES string of the molecule is Fc1c(F)c(F)c(C2=C(c3ccccc3)[Te+](CCc3ccccc3)C(c3ccccc3)=C[B-]2(c2c(F)c(F)c(F)c(F)c2F)c2c(F)c(F)c(F)c(F)c2F)c(F)c1F. The molecule has 0 nitrogen and oxygen atoms in total. The molecule has 0 unspecified atom stereocenters. The zero-order valence-corrected chi connectivity index (χ0v) is 31.6. The van der Waals surface area contributed by atoms with Gasteiger partial charge in [0.2, 0.25) is 0 Å². The van der Waals surface area contributed by atoms with E-state index in [2.05, 4.69) is 0 Å². The van der Waals surface area contributed by atoms with Crippen molar-refractivity contribution in [1.29, 1.82) is 0 Å². The molecule has 0 aliphatic carbocycles. The Labute approximate surface area is 331 Å². The van der Waals surface area contributed by atoms with Crippen molar-refractivity contribution in [3.8, 4) is 0 Å². The molecule has 0 aromatic heterocycles. The van der Waals surface area contributed by atoms with Crippen LogP contribution in [0.4, 0.5) is 65.9 Å². The van der Waals surface area contributed by atoms with E-state index >= 15 is 52.7 Å². The van der Waals surface area contributed by atoms with Crippen LogP contribution in [0.2, 0.25) is 4.47 Å². The predicted octanol–water partition coefficient (Wildman–Crippen LogP) is 10.9. The number of benzene rings is 6. The molecule has 17 heteroatoms. The summed E-state index contributed by atoms with van der Waals surface area (Å²) in [5.41, 5.74) is -8.34. The second-order valence-electron chi connectivity index (χ2n) is 13.2. The predicted molar refractivity (Wildman–Crippen MR) is 192 cm³/mol. The summed E-state index contributed by atoms with van der Waals surface area (Å²) < 4.78 is 236. The standard InChI is InChI=1S/C42H20BF15Te/c44-27-23(28(45)34(51)39(56)33(27)50)24-42(21-14-8-3-9-15-21)59(17-16-19-10-4-1-5-11-19)22(20-12-6-2-7-13-20)18-43(24,25-29(46)35(52)40(57)36(53)30(25)47)26-31(48)37(54)41(58)38(55)32(26)49/h1-15,18H,16-17H2. The van der Waals surface area contributed by atoms with Gasteiger partial charge in [-0.15, -0.1) is 0 Å². The second kappa shape index (κ2) is 16.0. The molecule has 0 radical (unpaired) electrons. The van der Waals surface area contributed by atoms with Gasteiger partial charge in [0.1, 0.15) is 0 Å². The Bertz CT molecular complexity index is 2570. The van der Waals surface area contributed by atoms with Crippen LogP contribution in [0.15, 0.2) is 97.0 Å². The Balaban J connectivity index is 1.87. The molecule has 1 aliphatic rings. The molecule has 0 saturated carbocycles. The number of hydrogen-bond acceptors (Lipinski definition) is 0. The summed E-state index contributed by atoms with van der Waals surface area (Å²) in [6.07, 6.45) is -5.45. The van der Waals surface area contributed by atoms with Crippen molar-refractivity contribution in [2.75, 3.05) is 0 Å². The fourth-order valence-electron chi connectivity index (χ4n) is 7.47. The van der Waals surface area contributed by atoms with Crippen molar-refractivity contribution in [3.05, 3.63) is 206 Å². The molecule has 0 N–H and O–H groups in total. The molecule has 1 aliphatic heterocycles. The van der Waals surface area contributed by atoms with E-state index in [0.29, 0.717) is 11.5 Å². The summed E-state index contributed by atoms with van der Waals surface area (Å²) in [6.45, 7) is 0. The third-order valence-corrected chi connectivity index (χ3v) is 17.1. The van der Waals surface area contributed by atoms with Gasteiger partial charge >= 0.3 is 333 Å². The quantitative estimate of drug-likeness (QED) is 0.0617. The Hall–Kier alpha value is -5.40. The van der Waals surface area contributed by atoms with Gasteiger partial charge in [-0.2, -0.15) is 0 Å². The zero-order valence-electron chi connectivity index (χ0n) is 29.3. The Morgan fingerprint density at radius 1 is 0.373 bits per heavy atom. The minimum atomic E-state index is -5.48. The topological polar surface area (TPSA) is 0 Å². The van der Waals surface area contributed by atoms with Gasteiger partial charge in [-0.25, -0.2) is 0 Å². The van der Waals surface area contributed by atoms with Crippen LogP contribution in [0.5, 0.6) is 0 Å². The van der Waals surface area contributed by atoms with Crippen LogP contribution in [-0.2, 0) is 6.42 Å². The first-order valence-corrected chi connectivity index (χ1v) is 21.1. The normalized spacial score (nSPS) is 14.3. The molecule has 6 aromatic rings. The van der Waals surface area contributed by atoms with Crippen molar-refractivity contribution in [3.63, 3.8) is 0 Å². The van der Waals surface area contributed by atoms with Gasteiger partial charge < -0.3 is 0 Å². The molecule has 7 rings (SSSR count). The third kappa shape index (κ3) is 6.62. The van der Waals surface area contributed by atoms with E-state index in [4.69, 9.17) is 0 Å². The van der Waals surface area contributed by atoms with Gasteiger partial charge in [0, 0.05) is 0 Å².